The van der Waals surface area contributed by atoms with Crippen molar-refractivity contribution in [3.8, 4) is 5.75 Å². The van der Waals surface area contributed by atoms with Gasteiger partial charge in [0.1, 0.15) is 11.9 Å². The first-order valence-corrected chi connectivity index (χ1v) is 7.84. The van der Waals surface area contributed by atoms with Crippen LogP contribution in [0.15, 0.2) is 18.2 Å². The second-order valence-corrected chi connectivity index (χ2v) is 5.76. The molecule has 2 unspecified atom stereocenters. The van der Waals surface area contributed by atoms with Crippen LogP contribution in [0.1, 0.15) is 30.0 Å². The number of amides is 1. The van der Waals surface area contributed by atoms with E-state index in [0.29, 0.717) is 13.2 Å². The molecule has 1 aromatic rings. The number of alkyl halides is 2. The third-order valence-corrected chi connectivity index (χ3v) is 4.19. The van der Waals surface area contributed by atoms with Gasteiger partial charge in [0.25, 0.3) is 5.91 Å². The second-order valence-electron chi connectivity index (χ2n) is 5.76. The SMILES string of the molecule is O=C(NC1CCCc2cc(OC(F)F)ccc21)C1CNCCO1. The number of hydrogen-bond donors (Lipinski definition) is 2. The number of carbonyl (C=O) groups is 1. The molecule has 2 N–H and O–H groups in total. The summed E-state index contributed by atoms with van der Waals surface area (Å²) in [7, 11) is 0. The standard InChI is InChI=1S/C16H20F2N2O3/c17-16(18)23-11-4-5-12-10(8-11)2-1-3-13(12)20-15(21)14-9-19-6-7-22-14/h4-5,8,13-14,16,19H,1-3,6-7,9H2,(H,20,21). The first kappa shape index (κ1) is 16.1. The van der Waals surface area contributed by atoms with E-state index in [1.165, 1.54) is 6.07 Å². The summed E-state index contributed by atoms with van der Waals surface area (Å²) < 4.78 is 34.5. The van der Waals surface area contributed by atoms with Gasteiger partial charge in [0, 0.05) is 13.1 Å². The molecule has 1 saturated heterocycles. The molecule has 1 fully saturated rings. The predicted octanol–water partition coefficient (Wildman–Crippen LogP) is 1.77. The van der Waals surface area contributed by atoms with Crippen molar-refractivity contribution in [1.29, 1.82) is 0 Å². The number of nitrogens with one attached hydrogen (secondary N) is 2. The summed E-state index contributed by atoms with van der Waals surface area (Å²) in [5.74, 6) is 0.0218. The maximum absolute atomic E-state index is 12.3. The van der Waals surface area contributed by atoms with Gasteiger partial charge < -0.3 is 20.1 Å². The highest BCUT2D eigenvalue weighted by molar-refractivity contribution is 5.81. The maximum atomic E-state index is 12.3. The molecule has 1 aliphatic heterocycles. The Morgan fingerprint density at radius 2 is 2.30 bits per heavy atom. The van der Waals surface area contributed by atoms with E-state index >= 15 is 0 Å². The normalized spacial score (nSPS) is 24.1. The van der Waals surface area contributed by atoms with Crippen molar-refractivity contribution in [2.45, 2.75) is 38.0 Å². The molecule has 0 saturated carbocycles. The van der Waals surface area contributed by atoms with Crippen LogP contribution in [0.3, 0.4) is 0 Å². The Kier molecular flexibility index (Phi) is 5.07. The number of carbonyl (C=O) groups excluding carboxylic acids is 1. The van der Waals surface area contributed by atoms with Crippen LogP contribution in [-0.2, 0) is 16.0 Å². The maximum Gasteiger partial charge on any atom is 0.387 e. The number of halogens is 2. The van der Waals surface area contributed by atoms with Crippen LogP contribution in [0.4, 0.5) is 8.78 Å². The average Bonchev–Trinajstić information content (AvgIpc) is 2.55. The number of benzene rings is 1. The number of rotatable bonds is 4. The van der Waals surface area contributed by atoms with Gasteiger partial charge in [0.2, 0.25) is 0 Å². The zero-order valence-electron chi connectivity index (χ0n) is 12.7. The van der Waals surface area contributed by atoms with Crippen molar-refractivity contribution in [3.63, 3.8) is 0 Å². The molecule has 1 amide bonds. The van der Waals surface area contributed by atoms with Crippen molar-refractivity contribution in [1.82, 2.24) is 10.6 Å². The van der Waals surface area contributed by atoms with E-state index in [0.717, 1.165) is 36.9 Å². The Balaban J connectivity index is 1.69. The lowest BCUT2D eigenvalue weighted by Crippen LogP contribution is -2.48. The van der Waals surface area contributed by atoms with Crippen LogP contribution in [0.25, 0.3) is 0 Å². The van der Waals surface area contributed by atoms with Gasteiger partial charge in [-0.25, -0.2) is 0 Å². The van der Waals surface area contributed by atoms with E-state index in [-0.39, 0.29) is 17.7 Å². The molecule has 1 aliphatic carbocycles. The lowest BCUT2D eigenvalue weighted by atomic mass is 9.87. The van der Waals surface area contributed by atoms with Crippen molar-refractivity contribution in [2.75, 3.05) is 19.7 Å². The first-order chi connectivity index (χ1) is 11.1. The molecule has 2 atom stereocenters. The van der Waals surface area contributed by atoms with Gasteiger partial charge in [-0.15, -0.1) is 0 Å². The number of aryl methyl sites for hydroxylation is 1. The van der Waals surface area contributed by atoms with Gasteiger partial charge >= 0.3 is 6.61 Å². The molecule has 0 spiro atoms. The topological polar surface area (TPSA) is 59.6 Å². The lowest BCUT2D eigenvalue weighted by Gasteiger charge is -2.29. The minimum Gasteiger partial charge on any atom is -0.435 e. The summed E-state index contributed by atoms with van der Waals surface area (Å²) in [5.41, 5.74) is 1.91. The largest absolute Gasteiger partial charge is 0.435 e. The Morgan fingerprint density at radius 3 is 3.04 bits per heavy atom. The molecule has 3 rings (SSSR count). The molecule has 2 aliphatic rings. The molecule has 126 valence electrons. The van der Waals surface area contributed by atoms with Crippen LogP contribution >= 0.6 is 0 Å². The molecule has 1 aromatic carbocycles. The van der Waals surface area contributed by atoms with Crippen LogP contribution < -0.4 is 15.4 Å². The van der Waals surface area contributed by atoms with Crippen molar-refractivity contribution in [2.24, 2.45) is 0 Å². The summed E-state index contributed by atoms with van der Waals surface area (Å²) in [6, 6.07) is 4.81. The van der Waals surface area contributed by atoms with Crippen LogP contribution in [0, 0.1) is 0 Å². The number of ether oxygens (including phenoxy) is 2. The monoisotopic (exact) mass is 326 g/mol. The van der Waals surface area contributed by atoms with Crippen molar-refractivity contribution < 1.29 is 23.0 Å². The van der Waals surface area contributed by atoms with Gasteiger partial charge in [0.05, 0.1) is 12.6 Å². The molecule has 5 nitrogen and oxygen atoms in total. The highest BCUT2D eigenvalue weighted by atomic mass is 19.3. The van der Waals surface area contributed by atoms with E-state index in [9.17, 15) is 13.6 Å². The Hall–Kier alpha value is -1.73. The molecule has 0 radical (unpaired) electrons. The smallest absolute Gasteiger partial charge is 0.387 e. The van der Waals surface area contributed by atoms with Gasteiger partial charge in [-0.2, -0.15) is 8.78 Å². The third kappa shape index (κ3) is 3.97. The lowest BCUT2D eigenvalue weighted by molar-refractivity contribution is -0.135. The number of fused-ring (bicyclic) bond motifs is 1. The molecule has 1 heterocycles. The fraction of sp³-hybridized carbons (Fsp3) is 0.562. The second kappa shape index (κ2) is 7.23. The van der Waals surface area contributed by atoms with Crippen molar-refractivity contribution >= 4 is 5.91 Å². The van der Waals surface area contributed by atoms with E-state index in [4.69, 9.17) is 4.74 Å². The third-order valence-electron chi connectivity index (χ3n) is 4.19. The minimum absolute atomic E-state index is 0.114. The molecule has 0 aromatic heterocycles. The molecular weight excluding hydrogens is 306 g/mol. The summed E-state index contributed by atoms with van der Waals surface area (Å²) in [4.78, 5) is 12.3. The Bertz CT molecular complexity index is 562. The number of hydrogen-bond acceptors (Lipinski definition) is 4. The fourth-order valence-electron chi connectivity index (χ4n) is 3.12. The van der Waals surface area contributed by atoms with Gasteiger partial charge in [-0.3, -0.25) is 4.79 Å². The van der Waals surface area contributed by atoms with Crippen LogP contribution in [0.5, 0.6) is 5.75 Å². The van der Waals surface area contributed by atoms with Crippen LogP contribution in [0.2, 0.25) is 0 Å². The van der Waals surface area contributed by atoms with E-state index in [2.05, 4.69) is 15.4 Å². The molecule has 23 heavy (non-hydrogen) atoms. The van der Waals surface area contributed by atoms with Crippen molar-refractivity contribution in [3.05, 3.63) is 29.3 Å². The highest BCUT2D eigenvalue weighted by Gasteiger charge is 2.27. The summed E-state index contributed by atoms with van der Waals surface area (Å²) in [5, 5.41) is 6.14. The predicted molar refractivity (Wildman–Crippen MR) is 79.5 cm³/mol. The summed E-state index contributed by atoms with van der Waals surface area (Å²) >= 11 is 0. The quantitative estimate of drug-likeness (QED) is 0.885. The molecular formula is C16H20F2N2O3. The molecule has 0 bridgehead atoms. The van der Waals surface area contributed by atoms with Gasteiger partial charge in [-0.05, 0) is 42.5 Å². The van der Waals surface area contributed by atoms with E-state index in [1.807, 2.05) is 0 Å². The van der Waals surface area contributed by atoms with Gasteiger partial charge in [-0.1, -0.05) is 6.07 Å². The first-order valence-electron chi connectivity index (χ1n) is 7.84. The Labute approximate surface area is 133 Å². The zero-order chi connectivity index (χ0) is 16.2. The zero-order valence-corrected chi connectivity index (χ0v) is 12.7. The van der Waals surface area contributed by atoms with E-state index in [1.54, 1.807) is 12.1 Å². The summed E-state index contributed by atoms with van der Waals surface area (Å²) in [6.45, 7) is -1.05. The minimum atomic E-state index is -2.83. The van der Waals surface area contributed by atoms with E-state index < -0.39 is 12.7 Å². The van der Waals surface area contributed by atoms with Gasteiger partial charge in [0.15, 0.2) is 0 Å². The van der Waals surface area contributed by atoms with Crippen LogP contribution in [-0.4, -0.2) is 38.3 Å². The average molecular weight is 326 g/mol. The molecule has 7 heteroatoms. The number of morpholine rings is 1. The summed E-state index contributed by atoms with van der Waals surface area (Å²) in [6.07, 6.45) is 2.04. The Morgan fingerprint density at radius 1 is 1.43 bits per heavy atom. The highest BCUT2D eigenvalue weighted by Crippen LogP contribution is 2.32. The fourth-order valence-corrected chi connectivity index (χ4v) is 3.12.